The molecule has 0 saturated carbocycles. The van der Waals surface area contributed by atoms with Crippen LogP contribution in [-0.4, -0.2) is 6.88 Å². The molecular formula is C13H21Cl3SiZr. The summed E-state index contributed by atoms with van der Waals surface area (Å²) in [7, 11) is 7.31. The fourth-order valence-electron chi connectivity index (χ4n) is 2.79. The molecule has 0 saturated heterocycles. The molecule has 0 aromatic carbocycles. The van der Waals surface area contributed by atoms with E-state index in [1.54, 1.807) is 6.56 Å². The largest absolute Gasteiger partial charge is 0.147 e. The first kappa shape index (κ1) is 18.9. The van der Waals surface area contributed by atoms with Crippen molar-refractivity contribution in [2.45, 2.75) is 30.3 Å². The number of allylic oxidation sites excluding steroid dienone is 8. The van der Waals surface area contributed by atoms with Crippen molar-refractivity contribution in [3.05, 3.63) is 43.0 Å². The monoisotopic (exact) mass is 400 g/mol. The van der Waals surface area contributed by atoms with Gasteiger partial charge in [-0.15, -0.1) is 24.8 Å². The summed E-state index contributed by atoms with van der Waals surface area (Å²) in [6, 6.07) is 0. The third-order valence-electron chi connectivity index (χ3n) is 3.79. The third kappa shape index (κ3) is 3.33. The van der Waals surface area contributed by atoms with E-state index < -0.39 is 16.2 Å². The quantitative estimate of drug-likeness (QED) is 0.596. The summed E-state index contributed by atoms with van der Waals surface area (Å²) < 4.78 is 4.36. The van der Waals surface area contributed by atoms with Crippen LogP contribution >= 0.6 is 33.3 Å². The molecule has 0 bridgehead atoms. The maximum atomic E-state index is 7.31. The van der Waals surface area contributed by atoms with E-state index in [0.717, 1.165) is 12.8 Å². The maximum Gasteiger partial charge on any atom is -0.147 e. The second-order valence-electron chi connectivity index (χ2n) is 4.94. The summed E-state index contributed by atoms with van der Waals surface area (Å²) in [5.41, 5.74) is 0. The van der Waals surface area contributed by atoms with Crippen molar-refractivity contribution < 1.29 is 16.2 Å². The molecule has 0 atom stereocenters. The smallest absolute Gasteiger partial charge is 0.147 e. The van der Waals surface area contributed by atoms with E-state index in [0.29, 0.717) is 0 Å². The van der Waals surface area contributed by atoms with Crippen molar-refractivity contribution in [2.24, 2.45) is 0 Å². The fourth-order valence-corrected chi connectivity index (χ4v) is 21.1. The van der Waals surface area contributed by atoms with Crippen LogP contribution in [0.1, 0.15) is 26.2 Å². The molecule has 0 heterocycles. The van der Waals surface area contributed by atoms with Crippen LogP contribution in [0.25, 0.3) is 0 Å². The molecule has 2 aliphatic carbocycles. The minimum atomic E-state index is -3.26. The molecule has 0 amide bonds. The van der Waals surface area contributed by atoms with E-state index in [2.05, 4.69) is 50.3 Å². The van der Waals surface area contributed by atoms with E-state index >= 15 is 0 Å². The van der Waals surface area contributed by atoms with Gasteiger partial charge < -0.3 is 0 Å². The Labute approximate surface area is 128 Å². The molecule has 5 heteroatoms. The van der Waals surface area contributed by atoms with Gasteiger partial charge >= 0.3 is 105 Å². The van der Waals surface area contributed by atoms with E-state index in [4.69, 9.17) is 8.51 Å². The Hall–Kier alpha value is 0.930. The first-order valence-electron chi connectivity index (χ1n) is 6.04. The summed E-state index contributed by atoms with van der Waals surface area (Å²) >= 11 is -3.26. The second kappa shape index (κ2) is 7.09. The van der Waals surface area contributed by atoms with Crippen LogP contribution in [0, 0.1) is 0 Å². The molecular weight excluding hydrogens is 382 g/mol. The van der Waals surface area contributed by atoms with E-state index in [1.807, 2.05) is 0 Å². The number of halogens is 3. The van der Waals surface area contributed by atoms with Gasteiger partial charge in [0, 0.05) is 0 Å². The average molecular weight is 403 g/mol. The molecule has 0 aliphatic heterocycles. The molecule has 0 nitrogen and oxygen atoms in total. The molecule has 0 unspecified atom stereocenters. The molecule has 0 radical (unpaired) electrons. The second-order valence-corrected chi connectivity index (χ2v) is 34.2. The van der Waals surface area contributed by atoms with Gasteiger partial charge in [0.15, 0.2) is 0 Å². The van der Waals surface area contributed by atoms with E-state index in [1.165, 1.54) is 10.5 Å². The van der Waals surface area contributed by atoms with Crippen LogP contribution in [0.3, 0.4) is 0 Å². The van der Waals surface area contributed by atoms with Crippen molar-refractivity contribution in [2.75, 3.05) is 0 Å². The zero-order chi connectivity index (χ0) is 11.7. The normalized spacial score (nSPS) is 17.9. The first-order valence-corrected chi connectivity index (χ1v) is 19.3. The summed E-state index contributed by atoms with van der Waals surface area (Å²) in [5.74, 6) is 0. The predicted octanol–water partition coefficient (Wildman–Crippen LogP) is 4.74. The van der Waals surface area contributed by atoms with E-state index in [-0.39, 0.29) is 24.8 Å². The van der Waals surface area contributed by atoms with Gasteiger partial charge in [0.2, 0.25) is 0 Å². The molecule has 18 heavy (non-hydrogen) atoms. The zero-order valence-electron chi connectivity index (χ0n) is 10.7. The van der Waals surface area contributed by atoms with Crippen molar-refractivity contribution in [1.29, 1.82) is 0 Å². The number of rotatable bonds is 4. The molecule has 0 aromatic heterocycles. The van der Waals surface area contributed by atoms with Crippen LogP contribution in [0.15, 0.2) is 43.0 Å². The SMILES string of the molecule is CC[CH2][Zr](=[SiH2])([Cl])([C]1=CC=CC1)[C]1=CC=CC1.Cl.Cl. The van der Waals surface area contributed by atoms with Gasteiger partial charge in [0.05, 0.1) is 0 Å². The van der Waals surface area contributed by atoms with Crippen molar-refractivity contribution in [3.8, 4) is 0 Å². The fraction of sp³-hybridized carbons (Fsp3) is 0.385. The standard InChI is InChI=1S/2C5H5.C3H7.3ClH.H2Si.Zr/c2*1-2-4-5-3-1;1-3-2;;;;;/h2*1-3H,4H2;1,3H2,2H3;3*1H;1H2;/q;;;;;;;+1/p-1. The molecule has 0 fully saturated rings. The predicted molar refractivity (Wildman–Crippen MR) is 87.7 cm³/mol. The summed E-state index contributed by atoms with van der Waals surface area (Å²) in [6.07, 6.45) is 16.8. The minimum absolute atomic E-state index is 0. The molecule has 0 N–H and O–H groups in total. The van der Waals surface area contributed by atoms with Gasteiger partial charge in [-0.05, 0) is 0 Å². The molecule has 0 spiro atoms. The zero-order valence-corrected chi connectivity index (χ0v) is 17.0. The number of hydrogen-bond acceptors (Lipinski definition) is 0. The molecule has 102 valence electrons. The van der Waals surface area contributed by atoms with Gasteiger partial charge in [0.25, 0.3) is 0 Å². The summed E-state index contributed by atoms with van der Waals surface area (Å²) in [4.78, 5) is 0. The third-order valence-corrected chi connectivity index (χ3v) is 28.1. The Morgan fingerprint density at radius 1 is 1.11 bits per heavy atom. The Kier molecular flexibility index (Phi) is 7.45. The topological polar surface area (TPSA) is 0 Å². The summed E-state index contributed by atoms with van der Waals surface area (Å²) in [6.45, 7) is 4.42. The van der Waals surface area contributed by atoms with Crippen LogP contribution in [-0.2, 0) is 16.2 Å². The van der Waals surface area contributed by atoms with E-state index in [9.17, 15) is 0 Å². The van der Waals surface area contributed by atoms with Crippen molar-refractivity contribution in [3.63, 3.8) is 0 Å². The Morgan fingerprint density at radius 2 is 1.56 bits per heavy atom. The Morgan fingerprint density at radius 3 is 1.83 bits per heavy atom. The average Bonchev–Trinajstić information content (AvgIpc) is 2.93. The summed E-state index contributed by atoms with van der Waals surface area (Å²) in [5, 5.41) is 0. The first-order chi connectivity index (χ1) is 7.57. The molecule has 0 aromatic rings. The van der Waals surface area contributed by atoms with Crippen LogP contribution in [0.4, 0.5) is 0 Å². The van der Waals surface area contributed by atoms with Crippen molar-refractivity contribution in [1.82, 2.24) is 0 Å². The molecule has 2 rings (SSSR count). The van der Waals surface area contributed by atoms with Crippen LogP contribution in [0.5, 0.6) is 0 Å². The Balaban J connectivity index is 0.00000144. The van der Waals surface area contributed by atoms with Crippen LogP contribution in [0.2, 0.25) is 4.13 Å². The Bertz CT molecular complexity index is 452. The van der Waals surface area contributed by atoms with Crippen LogP contribution < -0.4 is 0 Å². The van der Waals surface area contributed by atoms with Crippen molar-refractivity contribution >= 4 is 40.2 Å². The molecule has 2 aliphatic rings. The van der Waals surface area contributed by atoms with Gasteiger partial charge in [-0.25, -0.2) is 0 Å². The minimum Gasteiger partial charge on any atom is -0.147 e. The van der Waals surface area contributed by atoms with Gasteiger partial charge in [0.1, 0.15) is 0 Å². The van der Waals surface area contributed by atoms with Gasteiger partial charge in [-0.2, -0.15) is 0 Å². The van der Waals surface area contributed by atoms with Gasteiger partial charge in [-0.3, -0.25) is 0 Å². The van der Waals surface area contributed by atoms with Gasteiger partial charge in [-0.1, -0.05) is 0 Å². The number of hydrogen-bond donors (Lipinski definition) is 0. The maximum absolute atomic E-state index is 7.31.